The average Bonchev–Trinajstić information content (AvgIpc) is 2.49. The number of aryl methyl sites for hydroxylation is 2. The van der Waals surface area contributed by atoms with Crippen LogP contribution in [0.15, 0.2) is 36.4 Å². The van der Waals surface area contributed by atoms with Gasteiger partial charge in [-0.25, -0.2) is 8.78 Å². The van der Waals surface area contributed by atoms with Gasteiger partial charge in [0.25, 0.3) is 0 Å². The van der Waals surface area contributed by atoms with Crippen LogP contribution in [0.5, 0.6) is 0 Å². The second kappa shape index (κ2) is 7.04. The Labute approximate surface area is 129 Å². The first-order chi connectivity index (χ1) is 10.0. The predicted molar refractivity (Wildman–Crippen MR) is 83.8 cm³/mol. The second-order valence-electron chi connectivity index (χ2n) is 5.30. The van der Waals surface area contributed by atoms with Gasteiger partial charge in [-0.3, -0.25) is 0 Å². The molecule has 0 nitrogen and oxygen atoms in total. The molecule has 0 aliphatic rings. The van der Waals surface area contributed by atoms with Gasteiger partial charge in [-0.15, -0.1) is 11.6 Å². The fourth-order valence-corrected chi connectivity index (χ4v) is 2.66. The van der Waals surface area contributed by atoms with Crippen LogP contribution in [0.4, 0.5) is 8.78 Å². The maximum Gasteiger partial charge on any atom is 0.134 e. The Morgan fingerprint density at radius 2 is 1.71 bits per heavy atom. The van der Waals surface area contributed by atoms with Crippen LogP contribution in [-0.4, -0.2) is 0 Å². The third kappa shape index (κ3) is 3.62. The molecular weight excluding hydrogens is 290 g/mol. The number of unbranched alkanes of at least 4 members (excludes halogenated alkanes) is 1. The van der Waals surface area contributed by atoms with Crippen molar-refractivity contribution in [1.29, 1.82) is 0 Å². The maximum atomic E-state index is 14.1. The minimum absolute atomic E-state index is 0.0713. The highest BCUT2D eigenvalue weighted by molar-refractivity contribution is 6.22. The van der Waals surface area contributed by atoms with E-state index in [1.807, 2.05) is 24.3 Å². The molecule has 0 spiro atoms. The predicted octanol–water partition coefficient (Wildman–Crippen LogP) is 5.94. The summed E-state index contributed by atoms with van der Waals surface area (Å²) in [6.45, 7) is 3.75. The normalized spacial score (nSPS) is 12.4. The van der Waals surface area contributed by atoms with Gasteiger partial charge >= 0.3 is 0 Å². The summed E-state index contributed by atoms with van der Waals surface area (Å²) < 4.78 is 28.0. The summed E-state index contributed by atoms with van der Waals surface area (Å²) in [5.74, 6) is -1.17. The zero-order chi connectivity index (χ0) is 15.4. The summed E-state index contributed by atoms with van der Waals surface area (Å²) in [4.78, 5) is 0. The summed E-state index contributed by atoms with van der Waals surface area (Å²) in [6.07, 6.45) is 3.28. The first-order valence-corrected chi connectivity index (χ1v) is 7.65. The minimum atomic E-state index is -0.815. The van der Waals surface area contributed by atoms with Crippen LogP contribution in [0.25, 0.3) is 0 Å². The van der Waals surface area contributed by atoms with Crippen LogP contribution in [0.3, 0.4) is 0 Å². The average molecular weight is 309 g/mol. The van der Waals surface area contributed by atoms with Crippen molar-refractivity contribution in [3.8, 4) is 0 Å². The Hall–Kier alpha value is -1.41. The molecule has 0 aromatic heterocycles. The first kappa shape index (κ1) is 16.0. The fourth-order valence-electron chi connectivity index (χ4n) is 2.31. The highest BCUT2D eigenvalue weighted by Crippen LogP contribution is 2.33. The summed E-state index contributed by atoms with van der Waals surface area (Å²) in [6, 6.07) is 10.3. The van der Waals surface area contributed by atoms with E-state index < -0.39 is 17.0 Å². The van der Waals surface area contributed by atoms with Gasteiger partial charge in [0.15, 0.2) is 0 Å². The molecule has 0 aliphatic heterocycles. The van der Waals surface area contributed by atoms with Gasteiger partial charge in [0.1, 0.15) is 11.6 Å². The van der Waals surface area contributed by atoms with E-state index in [1.165, 1.54) is 17.7 Å². The van der Waals surface area contributed by atoms with E-state index in [4.69, 9.17) is 11.6 Å². The molecule has 1 atom stereocenters. The standard InChI is InChI=1S/C18H19ClF2/c1-3-4-5-13-7-9-14(10-8-13)17(19)16-15(20)11-6-12(2)18(16)21/h6-11,17H,3-5H2,1-2H3. The molecule has 0 saturated carbocycles. The van der Waals surface area contributed by atoms with Crippen LogP contribution in [0, 0.1) is 18.6 Å². The molecule has 2 aromatic carbocycles. The van der Waals surface area contributed by atoms with Gasteiger partial charge in [0.05, 0.1) is 5.38 Å². The summed E-state index contributed by atoms with van der Waals surface area (Å²) >= 11 is 6.29. The third-order valence-electron chi connectivity index (χ3n) is 3.66. The van der Waals surface area contributed by atoms with Crippen molar-refractivity contribution < 1.29 is 8.78 Å². The Balaban J connectivity index is 2.28. The first-order valence-electron chi connectivity index (χ1n) is 7.22. The van der Waals surface area contributed by atoms with Crippen LogP contribution >= 0.6 is 11.6 Å². The monoisotopic (exact) mass is 308 g/mol. The molecule has 2 aromatic rings. The number of hydrogen-bond donors (Lipinski definition) is 0. The number of rotatable bonds is 5. The molecule has 0 fully saturated rings. The van der Waals surface area contributed by atoms with Gasteiger partial charge in [-0.1, -0.05) is 43.7 Å². The highest BCUT2D eigenvalue weighted by atomic mass is 35.5. The summed E-state index contributed by atoms with van der Waals surface area (Å²) in [5.41, 5.74) is 2.25. The van der Waals surface area contributed by atoms with Gasteiger partial charge in [-0.05, 0) is 42.5 Å². The smallest absolute Gasteiger partial charge is 0.134 e. The van der Waals surface area contributed by atoms with E-state index in [1.54, 1.807) is 6.92 Å². The Bertz CT molecular complexity index is 605. The lowest BCUT2D eigenvalue weighted by atomic mass is 9.99. The van der Waals surface area contributed by atoms with E-state index in [2.05, 4.69) is 6.92 Å². The molecule has 0 aliphatic carbocycles. The van der Waals surface area contributed by atoms with Gasteiger partial charge < -0.3 is 0 Å². The quantitative estimate of drug-likeness (QED) is 0.599. The molecule has 0 saturated heterocycles. The minimum Gasteiger partial charge on any atom is -0.207 e. The molecule has 21 heavy (non-hydrogen) atoms. The molecule has 112 valence electrons. The molecule has 0 bridgehead atoms. The van der Waals surface area contributed by atoms with Crippen molar-refractivity contribution in [2.45, 2.75) is 38.5 Å². The Morgan fingerprint density at radius 3 is 2.33 bits per heavy atom. The van der Waals surface area contributed by atoms with Crippen LogP contribution in [0.1, 0.15) is 47.4 Å². The Kier molecular flexibility index (Phi) is 5.35. The largest absolute Gasteiger partial charge is 0.207 e. The number of benzene rings is 2. The van der Waals surface area contributed by atoms with E-state index in [-0.39, 0.29) is 5.56 Å². The van der Waals surface area contributed by atoms with E-state index in [9.17, 15) is 8.78 Å². The molecule has 2 rings (SSSR count). The van der Waals surface area contributed by atoms with Crippen molar-refractivity contribution >= 4 is 11.6 Å². The van der Waals surface area contributed by atoms with E-state index >= 15 is 0 Å². The van der Waals surface area contributed by atoms with Crippen molar-refractivity contribution in [1.82, 2.24) is 0 Å². The number of halogens is 3. The van der Waals surface area contributed by atoms with E-state index in [0.717, 1.165) is 19.3 Å². The van der Waals surface area contributed by atoms with Crippen molar-refractivity contribution in [3.63, 3.8) is 0 Å². The number of alkyl halides is 1. The van der Waals surface area contributed by atoms with Crippen molar-refractivity contribution in [2.75, 3.05) is 0 Å². The fraction of sp³-hybridized carbons (Fsp3) is 0.333. The third-order valence-corrected chi connectivity index (χ3v) is 4.13. The molecule has 0 N–H and O–H groups in total. The molecule has 3 heteroatoms. The van der Waals surface area contributed by atoms with Crippen LogP contribution in [-0.2, 0) is 6.42 Å². The molecular formula is C18H19ClF2. The lowest BCUT2D eigenvalue weighted by Crippen LogP contribution is -2.03. The SMILES string of the molecule is CCCCc1ccc(C(Cl)c2c(F)ccc(C)c2F)cc1. The summed E-state index contributed by atoms with van der Waals surface area (Å²) in [7, 11) is 0. The topological polar surface area (TPSA) is 0 Å². The zero-order valence-corrected chi connectivity index (χ0v) is 13.1. The molecule has 0 amide bonds. The van der Waals surface area contributed by atoms with Crippen LogP contribution < -0.4 is 0 Å². The van der Waals surface area contributed by atoms with Gasteiger partial charge in [-0.2, -0.15) is 0 Å². The summed E-state index contributed by atoms with van der Waals surface area (Å²) in [5, 5.41) is -0.815. The van der Waals surface area contributed by atoms with E-state index in [0.29, 0.717) is 11.1 Å². The highest BCUT2D eigenvalue weighted by Gasteiger charge is 2.21. The molecule has 0 heterocycles. The lowest BCUT2D eigenvalue weighted by molar-refractivity contribution is 0.553. The molecule has 0 radical (unpaired) electrons. The van der Waals surface area contributed by atoms with Crippen molar-refractivity contribution in [3.05, 3.63) is 70.3 Å². The lowest BCUT2D eigenvalue weighted by Gasteiger charge is -2.14. The second-order valence-corrected chi connectivity index (χ2v) is 5.74. The maximum absolute atomic E-state index is 14.1. The Morgan fingerprint density at radius 1 is 1.05 bits per heavy atom. The van der Waals surface area contributed by atoms with Gasteiger partial charge in [0.2, 0.25) is 0 Å². The number of hydrogen-bond acceptors (Lipinski definition) is 0. The van der Waals surface area contributed by atoms with Crippen molar-refractivity contribution in [2.24, 2.45) is 0 Å². The zero-order valence-electron chi connectivity index (χ0n) is 12.3. The van der Waals surface area contributed by atoms with Crippen LogP contribution in [0.2, 0.25) is 0 Å². The molecule has 1 unspecified atom stereocenters. The van der Waals surface area contributed by atoms with Gasteiger partial charge in [0, 0.05) is 5.56 Å².